The molecule has 1 spiro atoms. The van der Waals surface area contributed by atoms with Crippen LogP contribution in [0.1, 0.15) is 71.6 Å². The highest BCUT2D eigenvalue weighted by Crippen LogP contribution is 2.51. The van der Waals surface area contributed by atoms with Gasteiger partial charge in [0.05, 0.1) is 0 Å². The second-order valence-corrected chi connectivity index (χ2v) is 7.76. The van der Waals surface area contributed by atoms with Gasteiger partial charge >= 0.3 is 0 Å². The minimum absolute atomic E-state index is 0.478. The summed E-state index contributed by atoms with van der Waals surface area (Å²) >= 11 is 2.07. The number of nitrogens with one attached hydrogen (secondary N) is 1. The van der Waals surface area contributed by atoms with E-state index in [1.807, 2.05) is 0 Å². The number of hydrogen-bond acceptors (Lipinski definition) is 2. The lowest BCUT2D eigenvalue weighted by Gasteiger charge is -2.53. The van der Waals surface area contributed by atoms with Crippen molar-refractivity contribution < 1.29 is 0 Å². The van der Waals surface area contributed by atoms with Gasteiger partial charge in [0.25, 0.3) is 0 Å². The molecule has 2 heteroatoms. The minimum Gasteiger partial charge on any atom is -0.312 e. The van der Waals surface area contributed by atoms with Gasteiger partial charge in [-0.05, 0) is 50.2 Å². The smallest absolute Gasteiger partial charge is 0.0276 e. The molecule has 2 rings (SSSR count). The van der Waals surface area contributed by atoms with Gasteiger partial charge < -0.3 is 5.32 Å². The van der Waals surface area contributed by atoms with Gasteiger partial charge in [-0.2, -0.15) is 11.8 Å². The zero-order valence-corrected chi connectivity index (χ0v) is 13.4. The first-order valence-corrected chi connectivity index (χ1v) is 9.21. The molecule has 2 aliphatic rings. The predicted octanol–water partition coefficient (Wildman–Crippen LogP) is 4.61. The van der Waals surface area contributed by atoms with E-state index in [0.29, 0.717) is 10.2 Å². The average molecular weight is 269 g/mol. The Hall–Kier alpha value is 0.310. The normalized spacial score (nSPS) is 27.2. The summed E-state index contributed by atoms with van der Waals surface area (Å²) in [4.78, 5) is 0. The zero-order chi connectivity index (χ0) is 13.1. The van der Waals surface area contributed by atoms with Crippen LogP contribution in [0.25, 0.3) is 0 Å². The van der Waals surface area contributed by atoms with Crippen molar-refractivity contribution >= 4 is 11.8 Å². The Morgan fingerprint density at radius 3 is 2.22 bits per heavy atom. The predicted molar refractivity (Wildman–Crippen MR) is 83.4 cm³/mol. The standard InChI is InChI=1S/C16H31NS/c1-4-16(5-2,18-3)13-17-14-9-12-15(14)10-7-6-8-11-15/h14,17H,4-13H2,1-3H3. The SMILES string of the molecule is CCC(CC)(CNC1CCC12CCCCC2)SC. The lowest BCUT2D eigenvalue weighted by molar-refractivity contribution is 0.0218. The Balaban J connectivity index is 1.86. The molecule has 0 radical (unpaired) electrons. The molecule has 106 valence electrons. The topological polar surface area (TPSA) is 12.0 Å². The van der Waals surface area contributed by atoms with E-state index in [4.69, 9.17) is 0 Å². The van der Waals surface area contributed by atoms with Crippen LogP contribution in [0.2, 0.25) is 0 Å². The van der Waals surface area contributed by atoms with Crippen LogP contribution in [0, 0.1) is 5.41 Å². The van der Waals surface area contributed by atoms with Crippen LogP contribution in [0.5, 0.6) is 0 Å². The summed E-state index contributed by atoms with van der Waals surface area (Å²) in [5.74, 6) is 0. The molecule has 0 amide bonds. The van der Waals surface area contributed by atoms with E-state index in [1.165, 1.54) is 64.3 Å². The monoisotopic (exact) mass is 269 g/mol. The fourth-order valence-electron chi connectivity index (χ4n) is 4.04. The molecule has 0 aromatic heterocycles. The molecular weight excluding hydrogens is 238 g/mol. The molecular formula is C16H31NS. The quantitative estimate of drug-likeness (QED) is 0.755. The van der Waals surface area contributed by atoms with Gasteiger partial charge in [-0.3, -0.25) is 0 Å². The van der Waals surface area contributed by atoms with Crippen molar-refractivity contribution in [2.75, 3.05) is 12.8 Å². The maximum atomic E-state index is 3.95. The van der Waals surface area contributed by atoms with E-state index < -0.39 is 0 Å². The van der Waals surface area contributed by atoms with E-state index in [-0.39, 0.29) is 0 Å². The lowest BCUT2D eigenvalue weighted by Crippen LogP contribution is -2.56. The maximum Gasteiger partial charge on any atom is 0.0276 e. The Labute approximate surface area is 118 Å². The van der Waals surface area contributed by atoms with Gasteiger partial charge in [-0.25, -0.2) is 0 Å². The summed E-state index contributed by atoms with van der Waals surface area (Å²) in [5, 5.41) is 3.95. The van der Waals surface area contributed by atoms with Crippen molar-refractivity contribution in [3.05, 3.63) is 0 Å². The van der Waals surface area contributed by atoms with E-state index in [0.717, 1.165) is 6.04 Å². The van der Waals surface area contributed by atoms with Crippen LogP contribution in [-0.2, 0) is 0 Å². The van der Waals surface area contributed by atoms with Crippen LogP contribution in [0.15, 0.2) is 0 Å². The summed E-state index contributed by atoms with van der Waals surface area (Å²) in [5.41, 5.74) is 0.712. The first-order valence-electron chi connectivity index (χ1n) is 7.99. The third-order valence-corrected chi connectivity index (χ3v) is 7.50. The van der Waals surface area contributed by atoms with Crippen molar-refractivity contribution in [3.8, 4) is 0 Å². The third kappa shape index (κ3) is 2.75. The third-order valence-electron chi connectivity index (χ3n) is 5.91. The first-order chi connectivity index (χ1) is 8.70. The highest BCUT2D eigenvalue weighted by atomic mass is 32.2. The largest absolute Gasteiger partial charge is 0.312 e. The summed E-state index contributed by atoms with van der Waals surface area (Å²) < 4.78 is 0.478. The Kier molecular flexibility index (Phi) is 5.05. The van der Waals surface area contributed by atoms with E-state index >= 15 is 0 Å². The highest BCUT2D eigenvalue weighted by Gasteiger charge is 2.46. The Morgan fingerprint density at radius 1 is 1.11 bits per heavy atom. The second kappa shape index (κ2) is 6.17. The van der Waals surface area contributed by atoms with Crippen LogP contribution >= 0.6 is 11.8 Å². The molecule has 0 aromatic carbocycles. The fourth-order valence-corrected chi connectivity index (χ4v) is 4.84. The fraction of sp³-hybridized carbons (Fsp3) is 1.00. The summed E-state index contributed by atoms with van der Waals surface area (Å²) in [7, 11) is 0. The highest BCUT2D eigenvalue weighted by molar-refractivity contribution is 8.00. The van der Waals surface area contributed by atoms with Gasteiger partial charge in [-0.15, -0.1) is 0 Å². The molecule has 2 fully saturated rings. The second-order valence-electron chi connectivity index (χ2n) is 6.49. The molecule has 2 saturated carbocycles. The van der Waals surface area contributed by atoms with Crippen molar-refractivity contribution in [2.24, 2.45) is 5.41 Å². The molecule has 1 unspecified atom stereocenters. The van der Waals surface area contributed by atoms with E-state index in [2.05, 4.69) is 37.2 Å². The molecule has 2 aliphatic carbocycles. The molecule has 0 bridgehead atoms. The maximum absolute atomic E-state index is 3.95. The van der Waals surface area contributed by atoms with Crippen molar-refractivity contribution in [1.82, 2.24) is 5.32 Å². The molecule has 0 heterocycles. The molecule has 18 heavy (non-hydrogen) atoms. The molecule has 0 aliphatic heterocycles. The average Bonchev–Trinajstić information content (AvgIpc) is 2.44. The lowest BCUT2D eigenvalue weighted by atomic mass is 9.57. The van der Waals surface area contributed by atoms with Gasteiger partial charge in [-0.1, -0.05) is 33.1 Å². The summed E-state index contributed by atoms with van der Waals surface area (Å²) in [6, 6.07) is 0.836. The van der Waals surface area contributed by atoms with E-state index in [1.54, 1.807) is 0 Å². The van der Waals surface area contributed by atoms with Crippen molar-refractivity contribution in [1.29, 1.82) is 0 Å². The molecule has 1 atom stereocenters. The zero-order valence-electron chi connectivity index (χ0n) is 12.6. The summed E-state index contributed by atoms with van der Waals surface area (Å²) in [6.07, 6.45) is 15.2. The molecule has 1 nitrogen and oxygen atoms in total. The number of rotatable bonds is 6. The molecule has 0 aromatic rings. The Morgan fingerprint density at radius 2 is 1.78 bits per heavy atom. The van der Waals surface area contributed by atoms with Gasteiger partial charge in [0.2, 0.25) is 0 Å². The van der Waals surface area contributed by atoms with Crippen LogP contribution in [0.3, 0.4) is 0 Å². The van der Waals surface area contributed by atoms with Gasteiger partial charge in [0.15, 0.2) is 0 Å². The summed E-state index contributed by atoms with van der Waals surface area (Å²) in [6.45, 7) is 5.91. The first kappa shape index (κ1) is 14.7. The van der Waals surface area contributed by atoms with Crippen LogP contribution < -0.4 is 5.32 Å². The van der Waals surface area contributed by atoms with Gasteiger partial charge in [0.1, 0.15) is 0 Å². The van der Waals surface area contributed by atoms with Gasteiger partial charge in [0, 0.05) is 17.3 Å². The van der Waals surface area contributed by atoms with Crippen molar-refractivity contribution in [3.63, 3.8) is 0 Å². The van der Waals surface area contributed by atoms with E-state index in [9.17, 15) is 0 Å². The number of hydrogen-bond donors (Lipinski definition) is 1. The Bertz CT molecular complexity index is 246. The molecule has 0 saturated heterocycles. The number of thioether (sulfide) groups is 1. The minimum atomic E-state index is 0.478. The van der Waals surface area contributed by atoms with Crippen LogP contribution in [0.4, 0.5) is 0 Å². The van der Waals surface area contributed by atoms with Crippen LogP contribution in [-0.4, -0.2) is 23.6 Å². The van der Waals surface area contributed by atoms with Crippen molar-refractivity contribution in [2.45, 2.75) is 82.4 Å². The molecule has 1 N–H and O–H groups in total.